The van der Waals surface area contributed by atoms with Gasteiger partial charge < -0.3 is 9.32 Å². The fourth-order valence-electron chi connectivity index (χ4n) is 3.48. The summed E-state index contributed by atoms with van der Waals surface area (Å²) in [6.07, 6.45) is 5.03. The van der Waals surface area contributed by atoms with Crippen LogP contribution in [0.2, 0.25) is 0 Å². The van der Waals surface area contributed by atoms with Crippen molar-refractivity contribution in [2.24, 2.45) is 5.41 Å². The van der Waals surface area contributed by atoms with Gasteiger partial charge in [0.15, 0.2) is 0 Å². The van der Waals surface area contributed by atoms with E-state index in [1.54, 1.807) is 0 Å². The average molecular weight is 315 g/mol. The zero-order chi connectivity index (χ0) is 15.2. The number of H-pyrrole nitrogens is 1. The van der Waals surface area contributed by atoms with Gasteiger partial charge in [0, 0.05) is 24.2 Å². The highest BCUT2D eigenvalue weighted by molar-refractivity contribution is 7.71. The zero-order valence-electron chi connectivity index (χ0n) is 12.2. The fraction of sp³-hybridized carbons (Fsp3) is 0.438. The van der Waals surface area contributed by atoms with E-state index in [1.807, 2.05) is 29.2 Å². The second kappa shape index (κ2) is 5.05. The summed E-state index contributed by atoms with van der Waals surface area (Å²) >= 11 is 4.87. The maximum Gasteiger partial charge on any atom is 0.284 e. The Morgan fingerprint density at radius 3 is 2.59 bits per heavy atom. The number of nitrogens with one attached hydrogen (secondary N) is 1. The Kier molecular flexibility index (Phi) is 3.14. The van der Waals surface area contributed by atoms with Gasteiger partial charge in [0.1, 0.15) is 0 Å². The molecule has 2 fully saturated rings. The van der Waals surface area contributed by atoms with Gasteiger partial charge in [-0.25, -0.2) is 5.10 Å². The van der Waals surface area contributed by atoms with Gasteiger partial charge in [0.05, 0.1) is 0 Å². The average Bonchev–Trinajstić information content (AvgIpc) is 3.13. The molecule has 2 aliphatic rings. The standard InChI is InChI=1S/C16H17N3O2S/c20-14(19-9-8-16(10-19)6-1-7-16)12-4-2-11(3-5-12)13-17-18-15(22)21-13/h2-5H,1,6-10H2,(H,18,22). The molecule has 0 radical (unpaired) electrons. The van der Waals surface area contributed by atoms with Crippen LogP contribution in [0.1, 0.15) is 36.0 Å². The Morgan fingerprint density at radius 1 is 1.27 bits per heavy atom. The van der Waals surface area contributed by atoms with Crippen LogP contribution >= 0.6 is 12.2 Å². The molecule has 1 aliphatic heterocycles. The van der Waals surface area contributed by atoms with E-state index < -0.39 is 0 Å². The molecule has 0 bridgehead atoms. The molecular formula is C16H17N3O2S. The van der Waals surface area contributed by atoms with Crippen molar-refractivity contribution in [2.45, 2.75) is 25.7 Å². The van der Waals surface area contributed by atoms with Gasteiger partial charge in [-0.15, -0.1) is 5.10 Å². The molecule has 4 rings (SSSR count). The Balaban J connectivity index is 1.51. The molecular weight excluding hydrogens is 298 g/mol. The maximum absolute atomic E-state index is 12.6. The quantitative estimate of drug-likeness (QED) is 0.863. The summed E-state index contributed by atoms with van der Waals surface area (Å²) in [6, 6.07) is 7.35. The number of aromatic amines is 1. The van der Waals surface area contributed by atoms with Gasteiger partial charge in [-0.1, -0.05) is 6.42 Å². The van der Waals surface area contributed by atoms with Crippen LogP contribution in [0, 0.1) is 10.3 Å². The van der Waals surface area contributed by atoms with Crippen molar-refractivity contribution in [3.05, 3.63) is 34.7 Å². The van der Waals surface area contributed by atoms with Gasteiger partial charge in [-0.3, -0.25) is 4.79 Å². The van der Waals surface area contributed by atoms with Crippen LogP contribution < -0.4 is 0 Å². The number of amides is 1. The van der Waals surface area contributed by atoms with E-state index in [1.165, 1.54) is 19.3 Å². The van der Waals surface area contributed by atoms with Gasteiger partial charge >= 0.3 is 0 Å². The Bertz CT molecular complexity index is 758. The largest absolute Gasteiger partial charge is 0.409 e. The minimum absolute atomic E-state index is 0.123. The number of hydrogen-bond acceptors (Lipinski definition) is 4. The molecule has 5 nitrogen and oxygen atoms in total. The normalized spacial score (nSPS) is 19.4. The summed E-state index contributed by atoms with van der Waals surface area (Å²) in [5.41, 5.74) is 1.96. The SMILES string of the molecule is O=C(c1ccc(-c2n[nH]c(=S)o2)cc1)N1CCC2(CCC2)C1. The van der Waals surface area contributed by atoms with Crippen LogP contribution in [0.3, 0.4) is 0 Å². The van der Waals surface area contributed by atoms with Crippen molar-refractivity contribution in [3.8, 4) is 11.5 Å². The van der Waals surface area contributed by atoms with Crippen molar-refractivity contribution in [2.75, 3.05) is 13.1 Å². The van der Waals surface area contributed by atoms with Crippen molar-refractivity contribution in [1.29, 1.82) is 0 Å². The maximum atomic E-state index is 12.6. The molecule has 1 saturated carbocycles. The van der Waals surface area contributed by atoms with Crippen molar-refractivity contribution in [3.63, 3.8) is 0 Å². The molecule has 1 aromatic heterocycles. The van der Waals surface area contributed by atoms with Crippen molar-refractivity contribution < 1.29 is 9.21 Å². The minimum Gasteiger partial charge on any atom is -0.409 e. The van der Waals surface area contributed by atoms with Crippen molar-refractivity contribution in [1.82, 2.24) is 15.1 Å². The summed E-state index contributed by atoms with van der Waals surface area (Å²) in [6.45, 7) is 1.80. The number of carbonyl (C=O) groups excluding carboxylic acids is 1. The molecule has 0 atom stereocenters. The lowest BCUT2D eigenvalue weighted by Gasteiger charge is -2.37. The highest BCUT2D eigenvalue weighted by atomic mass is 32.1. The molecule has 2 heterocycles. The van der Waals surface area contributed by atoms with E-state index in [4.69, 9.17) is 16.6 Å². The monoisotopic (exact) mass is 315 g/mol. The second-order valence-corrected chi connectivity index (χ2v) is 6.70. The molecule has 1 aromatic carbocycles. The molecule has 0 unspecified atom stereocenters. The summed E-state index contributed by atoms with van der Waals surface area (Å²) in [7, 11) is 0. The van der Waals surface area contributed by atoms with Crippen LogP contribution in [0.25, 0.3) is 11.5 Å². The third kappa shape index (κ3) is 2.27. The van der Waals surface area contributed by atoms with Crippen molar-refractivity contribution >= 4 is 18.1 Å². The van der Waals surface area contributed by atoms with Gasteiger partial charge in [0.25, 0.3) is 10.7 Å². The Morgan fingerprint density at radius 2 is 2.05 bits per heavy atom. The topological polar surface area (TPSA) is 62.1 Å². The molecule has 6 heteroatoms. The number of nitrogens with zero attached hydrogens (tertiary/aromatic N) is 2. The van der Waals surface area contributed by atoms with E-state index in [0.29, 0.717) is 16.9 Å². The molecule has 2 aromatic rings. The third-order valence-electron chi connectivity index (χ3n) is 4.96. The highest BCUT2D eigenvalue weighted by Gasteiger charge is 2.44. The van der Waals surface area contributed by atoms with Crippen LogP contribution in [-0.4, -0.2) is 34.1 Å². The fourth-order valence-corrected chi connectivity index (χ4v) is 3.61. The predicted molar refractivity (Wildman–Crippen MR) is 83.9 cm³/mol. The number of carbonyl (C=O) groups is 1. The first-order chi connectivity index (χ1) is 10.7. The molecule has 114 valence electrons. The second-order valence-electron chi connectivity index (χ2n) is 6.33. The summed E-state index contributed by atoms with van der Waals surface area (Å²) in [5.74, 6) is 0.567. The lowest BCUT2D eigenvalue weighted by Crippen LogP contribution is -2.35. The number of rotatable bonds is 2. The van der Waals surface area contributed by atoms with Crippen LogP contribution in [0.5, 0.6) is 0 Å². The van der Waals surface area contributed by atoms with Crippen LogP contribution in [0.15, 0.2) is 28.7 Å². The van der Waals surface area contributed by atoms with E-state index in [2.05, 4.69) is 10.2 Å². The third-order valence-corrected chi connectivity index (χ3v) is 5.13. The molecule has 1 saturated heterocycles. The summed E-state index contributed by atoms with van der Waals surface area (Å²) in [5, 5.41) is 6.58. The molecule has 1 amide bonds. The number of aromatic nitrogens is 2. The number of benzene rings is 1. The van der Waals surface area contributed by atoms with Gasteiger partial charge in [-0.2, -0.15) is 0 Å². The first-order valence-corrected chi connectivity index (χ1v) is 8.01. The van der Waals surface area contributed by atoms with E-state index in [9.17, 15) is 4.79 Å². The Labute approximate surface area is 133 Å². The smallest absolute Gasteiger partial charge is 0.284 e. The number of hydrogen-bond donors (Lipinski definition) is 1. The van der Waals surface area contributed by atoms with Crippen LogP contribution in [0.4, 0.5) is 0 Å². The predicted octanol–water partition coefficient (Wildman–Crippen LogP) is 3.42. The molecule has 1 aliphatic carbocycles. The van der Waals surface area contributed by atoms with Gasteiger partial charge in [-0.05, 0) is 61.2 Å². The minimum atomic E-state index is 0.123. The lowest BCUT2D eigenvalue weighted by molar-refractivity contribution is 0.0732. The Hall–Kier alpha value is -1.95. The van der Waals surface area contributed by atoms with E-state index >= 15 is 0 Å². The van der Waals surface area contributed by atoms with E-state index in [0.717, 1.165) is 25.1 Å². The lowest BCUT2D eigenvalue weighted by atomic mass is 9.68. The highest BCUT2D eigenvalue weighted by Crippen LogP contribution is 2.48. The van der Waals surface area contributed by atoms with E-state index in [-0.39, 0.29) is 10.7 Å². The van der Waals surface area contributed by atoms with Crippen LogP contribution in [-0.2, 0) is 0 Å². The first-order valence-electron chi connectivity index (χ1n) is 7.61. The zero-order valence-corrected chi connectivity index (χ0v) is 13.0. The molecule has 1 N–H and O–H groups in total. The summed E-state index contributed by atoms with van der Waals surface area (Å²) in [4.78, 5) is 14.8. The number of likely N-dealkylation sites (tertiary alicyclic amines) is 1. The first kappa shape index (κ1) is 13.7. The molecule has 22 heavy (non-hydrogen) atoms. The summed E-state index contributed by atoms with van der Waals surface area (Å²) < 4.78 is 5.27. The molecule has 1 spiro atoms. The van der Waals surface area contributed by atoms with Gasteiger partial charge in [0.2, 0.25) is 5.89 Å².